The van der Waals surface area contributed by atoms with Crippen LogP contribution in [0.3, 0.4) is 0 Å². The summed E-state index contributed by atoms with van der Waals surface area (Å²) in [5.74, 6) is -0.784. The third-order valence-corrected chi connectivity index (χ3v) is 6.04. The van der Waals surface area contributed by atoms with Crippen LogP contribution in [0.5, 0.6) is 0 Å². The van der Waals surface area contributed by atoms with Gasteiger partial charge in [0.25, 0.3) is 0 Å². The smallest absolute Gasteiger partial charge is 0.339 e. The molecule has 0 bridgehead atoms. The summed E-state index contributed by atoms with van der Waals surface area (Å²) in [6.07, 6.45) is 3.60. The normalized spacial score (nSPS) is 13.8. The molecule has 0 atom stereocenters. The third-order valence-electron chi connectivity index (χ3n) is 5.79. The van der Waals surface area contributed by atoms with Gasteiger partial charge in [-0.25, -0.2) is 9.78 Å². The molecular weight excluding hydrogens is 434 g/mol. The van der Waals surface area contributed by atoms with Crippen molar-refractivity contribution >= 4 is 45.9 Å². The second-order valence-electron chi connectivity index (χ2n) is 7.92. The van der Waals surface area contributed by atoms with Crippen LogP contribution in [0.4, 0.5) is 0 Å². The number of carbonyl (C=O) groups is 2. The molecule has 0 aliphatic heterocycles. The standard InChI is InChI=1S/C28H20ClNO3/c29-21-13-10-19(11-14-21)25(31)17-33-28(32)26-22-8-4-5-9-24(22)30-27-20(12-15-23(26)27)16-18-6-2-1-3-7-18/h1-11,13-14,16H,12,15,17H2. The number of esters is 1. The summed E-state index contributed by atoms with van der Waals surface area (Å²) in [4.78, 5) is 30.6. The number of ketones is 1. The maximum absolute atomic E-state index is 13.2. The molecule has 1 aliphatic carbocycles. The van der Waals surface area contributed by atoms with Crippen LogP contribution in [-0.4, -0.2) is 23.3 Å². The molecule has 0 saturated carbocycles. The minimum Gasteiger partial charge on any atom is -0.454 e. The van der Waals surface area contributed by atoms with Crippen molar-refractivity contribution in [1.82, 2.24) is 4.98 Å². The Bertz CT molecular complexity index is 1390. The zero-order valence-electron chi connectivity index (χ0n) is 17.8. The van der Waals surface area contributed by atoms with Gasteiger partial charge in [0.15, 0.2) is 12.4 Å². The number of fused-ring (bicyclic) bond motifs is 2. The van der Waals surface area contributed by atoms with Gasteiger partial charge in [0, 0.05) is 16.0 Å². The lowest BCUT2D eigenvalue weighted by atomic mass is 10.0. The van der Waals surface area contributed by atoms with E-state index in [1.807, 2.05) is 54.6 Å². The lowest BCUT2D eigenvalue weighted by Crippen LogP contribution is -2.16. The number of allylic oxidation sites excluding steroid dienone is 1. The van der Waals surface area contributed by atoms with Crippen molar-refractivity contribution in [3.63, 3.8) is 0 Å². The first-order valence-corrected chi connectivity index (χ1v) is 11.1. The average molecular weight is 454 g/mol. The zero-order valence-corrected chi connectivity index (χ0v) is 18.5. The van der Waals surface area contributed by atoms with Gasteiger partial charge in [0.2, 0.25) is 0 Å². The number of para-hydroxylation sites is 1. The fraction of sp³-hybridized carbons (Fsp3) is 0.107. The summed E-state index contributed by atoms with van der Waals surface area (Å²) in [6, 6.07) is 24.1. The van der Waals surface area contributed by atoms with Crippen molar-refractivity contribution < 1.29 is 14.3 Å². The molecule has 0 amide bonds. The molecule has 0 radical (unpaired) electrons. The van der Waals surface area contributed by atoms with Gasteiger partial charge in [-0.2, -0.15) is 0 Å². The predicted octanol–water partition coefficient (Wildman–Crippen LogP) is 6.41. The van der Waals surface area contributed by atoms with E-state index < -0.39 is 5.97 Å². The number of carbonyl (C=O) groups excluding carboxylic acids is 2. The molecule has 5 heteroatoms. The molecule has 1 heterocycles. The van der Waals surface area contributed by atoms with Crippen molar-refractivity contribution in [1.29, 1.82) is 0 Å². The van der Waals surface area contributed by atoms with Crippen LogP contribution >= 0.6 is 11.6 Å². The van der Waals surface area contributed by atoms with E-state index in [1.54, 1.807) is 24.3 Å². The minimum absolute atomic E-state index is 0.278. The molecule has 162 valence electrons. The summed E-state index contributed by atoms with van der Waals surface area (Å²) < 4.78 is 5.49. The number of ether oxygens (including phenoxy) is 1. The first-order valence-electron chi connectivity index (χ1n) is 10.7. The number of Topliss-reactive ketones (excluding diaryl/α,β-unsaturated/α-hetero) is 1. The Kier molecular flexibility index (Phi) is 5.76. The van der Waals surface area contributed by atoms with Crippen molar-refractivity contribution in [2.24, 2.45) is 0 Å². The van der Waals surface area contributed by atoms with Gasteiger partial charge >= 0.3 is 5.97 Å². The minimum atomic E-state index is -0.506. The molecule has 3 aromatic carbocycles. The maximum atomic E-state index is 13.2. The highest BCUT2D eigenvalue weighted by Gasteiger charge is 2.28. The molecule has 4 nitrogen and oxygen atoms in total. The highest BCUT2D eigenvalue weighted by molar-refractivity contribution is 6.30. The Labute approximate surface area is 196 Å². The molecule has 5 rings (SSSR count). The highest BCUT2D eigenvalue weighted by Crippen LogP contribution is 2.37. The lowest BCUT2D eigenvalue weighted by molar-refractivity contribution is 0.0475. The van der Waals surface area contributed by atoms with Gasteiger partial charge in [-0.05, 0) is 65.9 Å². The molecule has 0 N–H and O–H groups in total. The quantitative estimate of drug-likeness (QED) is 0.258. The zero-order chi connectivity index (χ0) is 22.8. The number of hydrogen-bond acceptors (Lipinski definition) is 4. The van der Waals surface area contributed by atoms with Crippen LogP contribution in [-0.2, 0) is 11.2 Å². The number of hydrogen-bond donors (Lipinski definition) is 0. The second kappa shape index (κ2) is 9.00. The first-order chi connectivity index (χ1) is 16.1. The summed E-state index contributed by atoms with van der Waals surface area (Å²) in [5, 5.41) is 1.28. The lowest BCUT2D eigenvalue weighted by Gasteiger charge is -2.12. The number of nitrogens with zero attached hydrogens (tertiary/aromatic N) is 1. The van der Waals surface area contributed by atoms with E-state index in [0.717, 1.165) is 39.7 Å². The highest BCUT2D eigenvalue weighted by atomic mass is 35.5. The number of halogens is 1. The molecule has 0 fully saturated rings. The van der Waals surface area contributed by atoms with Crippen LogP contribution in [0, 0.1) is 0 Å². The average Bonchev–Trinajstić information content (AvgIpc) is 3.23. The summed E-state index contributed by atoms with van der Waals surface area (Å²) in [5.41, 5.74) is 5.56. The molecule has 0 unspecified atom stereocenters. The summed E-state index contributed by atoms with van der Waals surface area (Å²) in [6.45, 7) is -0.335. The van der Waals surface area contributed by atoms with Gasteiger partial charge in [-0.15, -0.1) is 0 Å². The number of rotatable bonds is 5. The fourth-order valence-electron chi connectivity index (χ4n) is 4.19. The Hall–Kier alpha value is -3.76. The van der Waals surface area contributed by atoms with Crippen molar-refractivity contribution in [2.45, 2.75) is 12.8 Å². The van der Waals surface area contributed by atoms with Gasteiger partial charge in [-0.3, -0.25) is 4.79 Å². The van der Waals surface area contributed by atoms with E-state index in [1.165, 1.54) is 0 Å². The SMILES string of the molecule is O=C(COC(=O)c1c2c(nc3ccccc13)C(=Cc1ccccc1)CC2)c1ccc(Cl)cc1. The largest absolute Gasteiger partial charge is 0.454 e. The van der Waals surface area contributed by atoms with Gasteiger partial charge in [0.1, 0.15) is 0 Å². The van der Waals surface area contributed by atoms with Crippen molar-refractivity contribution in [2.75, 3.05) is 6.61 Å². The Morgan fingerprint density at radius 1 is 0.909 bits per heavy atom. The predicted molar refractivity (Wildman–Crippen MR) is 130 cm³/mol. The van der Waals surface area contributed by atoms with Crippen LogP contribution < -0.4 is 0 Å². The van der Waals surface area contributed by atoms with Gasteiger partial charge in [0.05, 0.1) is 16.8 Å². The van der Waals surface area contributed by atoms with Gasteiger partial charge in [-0.1, -0.05) is 60.1 Å². The second-order valence-corrected chi connectivity index (χ2v) is 8.35. The molecule has 1 aliphatic rings. The van der Waals surface area contributed by atoms with E-state index in [2.05, 4.69) is 6.08 Å². The molecule has 0 saturated heterocycles. The number of pyridine rings is 1. The molecular formula is C28H20ClNO3. The van der Waals surface area contributed by atoms with E-state index in [4.69, 9.17) is 21.3 Å². The Balaban J connectivity index is 1.49. The molecule has 33 heavy (non-hydrogen) atoms. The first kappa shape index (κ1) is 21.1. The van der Waals surface area contributed by atoms with E-state index in [-0.39, 0.29) is 12.4 Å². The van der Waals surface area contributed by atoms with E-state index in [9.17, 15) is 9.59 Å². The van der Waals surface area contributed by atoms with Crippen LogP contribution in [0.25, 0.3) is 22.6 Å². The van der Waals surface area contributed by atoms with Crippen LogP contribution in [0.2, 0.25) is 5.02 Å². The number of benzene rings is 3. The van der Waals surface area contributed by atoms with Crippen LogP contribution in [0.15, 0.2) is 78.9 Å². The van der Waals surface area contributed by atoms with Gasteiger partial charge < -0.3 is 4.74 Å². The molecule has 0 spiro atoms. The third kappa shape index (κ3) is 4.30. The summed E-state index contributed by atoms with van der Waals surface area (Å²) in [7, 11) is 0. The molecule has 1 aromatic heterocycles. The Morgan fingerprint density at radius 3 is 2.42 bits per heavy atom. The summed E-state index contributed by atoms with van der Waals surface area (Å²) >= 11 is 5.89. The number of aromatic nitrogens is 1. The van der Waals surface area contributed by atoms with Crippen molar-refractivity contribution in [3.05, 3.63) is 112 Å². The molecule has 4 aromatic rings. The maximum Gasteiger partial charge on any atom is 0.339 e. The van der Waals surface area contributed by atoms with E-state index in [0.29, 0.717) is 22.6 Å². The van der Waals surface area contributed by atoms with Crippen LogP contribution in [0.1, 0.15) is 44.0 Å². The van der Waals surface area contributed by atoms with E-state index >= 15 is 0 Å². The fourth-order valence-corrected chi connectivity index (χ4v) is 4.31. The topological polar surface area (TPSA) is 56.3 Å². The monoisotopic (exact) mass is 453 g/mol. The Morgan fingerprint density at radius 2 is 1.64 bits per heavy atom. The van der Waals surface area contributed by atoms with Crippen molar-refractivity contribution in [3.8, 4) is 0 Å².